The molecular weight excluding hydrogens is 545 g/mol. The van der Waals surface area contributed by atoms with Crippen LogP contribution in [0, 0.1) is 18.7 Å². The third-order valence-electron chi connectivity index (χ3n) is 8.62. The number of aromatic nitrogens is 2. The van der Waals surface area contributed by atoms with E-state index in [0.717, 1.165) is 79.8 Å². The number of aryl methyl sites for hydroxylation is 1. The van der Waals surface area contributed by atoms with Gasteiger partial charge in [0, 0.05) is 68.5 Å². The number of benzene rings is 3. The Balaban J connectivity index is 1.01. The number of rotatable bonds is 8. The Bertz CT molecular complexity index is 1570. The number of morpholine rings is 1. The van der Waals surface area contributed by atoms with Crippen molar-refractivity contribution in [1.29, 1.82) is 0 Å². The van der Waals surface area contributed by atoms with Gasteiger partial charge in [-0.05, 0) is 78.8 Å². The number of hydrogen-bond donors (Lipinski definition) is 1. The van der Waals surface area contributed by atoms with Gasteiger partial charge in [-0.15, -0.1) is 0 Å². The second-order valence-corrected chi connectivity index (χ2v) is 11.6. The summed E-state index contributed by atoms with van der Waals surface area (Å²) in [4.78, 5) is 30.3. The third-order valence-corrected chi connectivity index (χ3v) is 8.62. The van der Waals surface area contributed by atoms with Crippen molar-refractivity contribution in [2.45, 2.75) is 26.3 Å². The third kappa shape index (κ3) is 6.95. The minimum Gasteiger partial charge on any atom is -0.379 e. The summed E-state index contributed by atoms with van der Waals surface area (Å²) < 4.78 is 20.6. The van der Waals surface area contributed by atoms with Crippen molar-refractivity contribution < 1.29 is 18.7 Å². The molecule has 0 atom stereocenters. The van der Waals surface area contributed by atoms with E-state index in [4.69, 9.17) is 9.84 Å². The van der Waals surface area contributed by atoms with Gasteiger partial charge in [-0.2, -0.15) is 5.10 Å². The van der Waals surface area contributed by atoms with Crippen molar-refractivity contribution >= 4 is 22.7 Å². The zero-order chi connectivity index (χ0) is 29.8. The first-order chi connectivity index (χ1) is 20.9. The summed E-state index contributed by atoms with van der Waals surface area (Å²) in [6, 6.07) is 17.8. The topological polar surface area (TPSA) is 79.7 Å². The van der Waals surface area contributed by atoms with Crippen molar-refractivity contribution in [3.05, 3.63) is 89.4 Å². The van der Waals surface area contributed by atoms with E-state index in [1.165, 1.54) is 12.1 Å². The lowest BCUT2D eigenvalue weighted by Crippen LogP contribution is -2.41. The lowest BCUT2D eigenvalue weighted by molar-refractivity contribution is 0.0383. The van der Waals surface area contributed by atoms with Gasteiger partial charge in [-0.1, -0.05) is 24.3 Å². The summed E-state index contributed by atoms with van der Waals surface area (Å²) in [6.45, 7) is 8.89. The molecule has 2 aliphatic rings. The molecule has 0 unspecified atom stereocenters. The van der Waals surface area contributed by atoms with Gasteiger partial charge in [0.2, 0.25) is 0 Å². The minimum absolute atomic E-state index is 0.0418. The maximum absolute atomic E-state index is 13.2. The van der Waals surface area contributed by atoms with E-state index < -0.39 is 0 Å². The van der Waals surface area contributed by atoms with Crippen molar-refractivity contribution in [2.24, 2.45) is 5.92 Å². The first kappa shape index (κ1) is 29.0. The van der Waals surface area contributed by atoms with Crippen LogP contribution in [0.15, 0.2) is 66.9 Å². The fourth-order valence-electron chi connectivity index (χ4n) is 6.03. The molecule has 0 spiro atoms. The number of amides is 2. The predicted molar refractivity (Wildman–Crippen MR) is 165 cm³/mol. The fourth-order valence-corrected chi connectivity index (χ4v) is 6.03. The summed E-state index contributed by atoms with van der Waals surface area (Å²) >= 11 is 0. The number of carbonyl (C=O) groups is 2. The molecule has 0 bridgehead atoms. The van der Waals surface area contributed by atoms with E-state index in [1.54, 1.807) is 12.1 Å². The molecule has 3 aromatic carbocycles. The Kier molecular flexibility index (Phi) is 8.81. The number of carbonyl (C=O) groups excluding carboxylic acids is 2. The molecule has 224 valence electrons. The first-order valence-corrected chi connectivity index (χ1v) is 15.1. The van der Waals surface area contributed by atoms with Crippen LogP contribution in [0.2, 0.25) is 0 Å². The van der Waals surface area contributed by atoms with Gasteiger partial charge in [-0.3, -0.25) is 19.2 Å². The van der Waals surface area contributed by atoms with Crippen LogP contribution in [-0.4, -0.2) is 83.9 Å². The van der Waals surface area contributed by atoms with Gasteiger partial charge >= 0.3 is 0 Å². The number of hydrogen-bond acceptors (Lipinski definition) is 5. The molecule has 2 fully saturated rings. The zero-order valence-corrected chi connectivity index (χ0v) is 24.6. The summed E-state index contributed by atoms with van der Waals surface area (Å²) in [6.07, 6.45) is 3.84. The summed E-state index contributed by atoms with van der Waals surface area (Å²) in [5.41, 5.74) is 5.03. The van der Waals surface area contributed by atoms with Gasteiger partial charge in [-0.25, -0.2) is 4.39 Å². The quantitative estimate of drug-likeness (QED) is 0.324. The number of nitrogens with zero attached hydrogens (tertiary/aromatic N) is 4. The minimum atomic E-state index is -0.265. The molecule has 6 rings (SSSR count). The Morgan fingerprint density at radius 2 is 1.63 bits per heavy atom. The number of likely N-dealkylation sites (tertiary alicyclic amines) is 1. The van der Waals surface area contributed by atoms with Gasteiger partial charge in [0.1, 0.15) is 5.82 Å². The molecule has 8 nitrogen and oxygen atoms in total. The van der Waals surface area contributed by atoms with Crippen LogP contribution in [0.4, 0.5) is 4.39 Å². The van der Waals surface area contributed by atoms with Crippen LogP contribution in [0.1, 0.15) is 39.1 Å². The summed E-state index contributed by atoms with van der Waals surface area (Å²) in [7, 11) is 0. The van der Waals surface area contributed by atoms with Crippen LogP contribution < -0.4 is 5.32 Å². The van der Waals surface area contributed by atoms with Gasteiger partial charge in [0.25, 0.3) is 11.8 Å². The fraction of sp³-hybridized carbons (Fsp3) is 0.382. The highest BCUT2D eigenvalue weighted by Crippen LogP contribution is 2.25. The molecule has 0 radical (unpaired) electrons. The second-order valence-electron chi connectivity index (χ2n) is 11.6. The van der Waals surface area contributed by atoms with Crippen LogP contribution in [-0.2, 0) is 11.3 Å². The number of fused-ring (bicyclic) bond motifs is 1. The Labute approximate surface area is 251 Å². The largest absolute Gasteiger partial charge is 0.379 e. The van der Waals surface area contributed by atoms with Crippen molar-refractivity contribution in [2.75, 3.05) is 52.5 Å². The highest BCUT2D eigenvalue weighted by Gasteiger charge is 2.24. The smallest absolute Gasteiger partial charge is 0.253 e. The molecule has 1 aromatic heterocycles. The van der Waals surface area contributed by atoms with Crippen LogP contribution in [0.5, 0.6) is 0 Å². The van der Waals surface area contributed by atoms with E-state index in [2.05, 4.69) is 10.2 Å². The molecule has 2 amide bonds. The van der Waals surface area contributed by atoms with E-state index in [9.17, 15) is 14.0 Å². The molecule has 43 heavy (non-hydrogen) atoms. The molecule has 2 aliphatic heterocycles. The molecule has 1 N–H and O–H groups in total. The molecule has 3 heterocycles. The molecule has 0 aliphatic carbocycles. The first-order valence-electron chi connectivity index (χ1n) is 15.1. The van der Waals surface area contributed by atoms with Crippen molar-refractivity contribution in [1.82, 2.24) is 24.9 Å². The maximum Gasteiger partial charge on any atom is 0.253 e. The van der Waals surface area contributed by atoms with E-state index >= 15 is 0 Å². The lowest BCUT2D eigenvalue weighted by atomic mass is 9.96. The second kappa shape index (κ2) is 13.1. The Hall–Kier alpha value is -4.08. The Morgan fingerprint density at radius 3 is 2.33 bits per heavy atom. The average molecular weight is 584 g/mol. The van der Waals surface area contributed by atoms with Gasteiger partial charge < -0.3 is 15.0 Å². The van der Waals surface area contributed by atoms with E-state index in [0.29, 0.717) is 36.7 Å². The van der Waals surface area contributed by atoms with Crippen LogP contribution in [0.3, 0.4) is 0 Å². The molecule has 9 heteroatoms. The van der Waals surface area contributed by atoms with E-state index in [-0.39, 0.29) is 17.6 Å². The predicted octanol–water partition coefficient (Wildman–Crippen LogP) is 4.77. The maximum atomic E-state index is 13.2. The van der Waals surface area contributed by atoms with E-state index in [1.807, 2.05) is 59.1 Å². The number of piperidine rings is 1. The monoisotopic (exact) mass is 583 g/mol. The highest BCUT2D eigenvalue weighted by atomic mass is 19.1. The Morgan fingerprint density at radius 1 is 0.953 bits per heavy atom. The zero-order valence-electron chi connectivity index (χ0n) is 24.6. The number of nitrogens with one attached hydrogen (secondary N) is 1. The number of halogens is 1. The molecule has 2 saturated heterocycles. The van der Waals surface area contributed by atoms with Gasteiger partial charge in [0.05, 0.1) is 18.7 Å². The summed E-state index contributed by atoms with van der Waals surface area (Å²) in [5.74, 6) is 0.144. The highest BCUT2D eigenvalue weighted by molar-refractivity contribution is 5.99. The lowest BCUT2D eigenvalue weighted by Gasteiger charge is -2.32. The normalized spacial score (nSPS) is 16.5. The molecular formula is C34H38FN5O3. The standard InChI is InChI=1S/C34H38FN5O3/c1-24-20-32-29(21-31(24)33(41)36-12-15-38-16-18-43-19-17-38)23-40(37-32)22-25-10-13-39(14-11-25)34(42)28-4-2-26(3-5-28)27-6-8-30(35)9-7-27/h2-9,20-21,23,25H,10-19,22H2,1H3,(H,36,41). The van der Waals surface area contributed by atoms with Gasteiger partial charge in [0.15, 0.2) is 0 Å². The van der Waals surface area contributed by atoms with Crippen molar-refractivity contribution in [3.8, 4) is 11.1 Å². The van der Waals surface area contributed by atoms with Crippen molar-refractivity contribution in [3.63, 3.8) is 0 Å². The van der Waals surface area contributed by atoms with Crippen LogP contribution in [0.25, 0.3) is 22.0 Å². The molecule has 0 saturated carbocycles. The summed E-state index contributed by atoms with van der Waals surface area (Å²) in [5, 5.41) is 8.82. The molecule has 4 aromatic rings. The average Bonchev–Trinajstić information content (AvgIpc) is 3.42. The van der Waals surface area contributed by atoms with Crippen LogP contribution >= 0.6 is 0 Å². The SMILES string of the molecule is Cc1cc2nn(CC3CCN(C(=O)c4ccc(-c5ccc(F)cc5)cc4)CC3)cc2cc1C(=O)NCCN1CCOCC1. The number of ether oxygens (including phenoxy) is 1.